The van der Waals surface area contributed by atoms with Gasteiger partial charge in [0.1, 0.15) is 0 Å². The van der Waals surface area contributed by atoms with Crippen LogP contribution in [0.1, 0.15) is 36.6 Å². The van der Waals surface area contributed by atoms with E-state index < -0.39 is 28.8 Å². The molecule has 0 saturated heterocycles. The number of carboxylic acid groups (broad SMARTS) is 2. The van der Waals surface area contributed by atoms with Crippen molar-refractivity contribution in [3.63, 3.8) is 0 Å². The Morgan fingerprint density at radius 2 is 1.38 bits per heavy atom. The first-order valence-corrected chi connectivity index (χ1v) is 6.20. The second kappa shape index (κ2) is 5.76. The SMILES string of the molecule is O=C(c1ccccc1)c1ccc(C(=O)O)c(C(=O)O)c1Cl. The minimum atomic E-state index is -1.50. The van der Waals surface area contributed by atoms with Gasteiger partial charge in [-0.2, -0.15) is 0 Å². The molecule has 0 spiro atoms. The summed E-state index contributed by atoms with van der Waals surface area (Å²) in [6.45, 7) is 0. The number of hydrogen-bond donors (Lipinski definition) is 2. The summed E-state index contributed by atoms with van der Waals surface area (Å²) in [4.78, 5) is 34.5. The fraction of sp³-hybridized carbons (Fsp3) is 0. The summed E-state index contributed by atoms with van der Waals surface area (Å²) in [5.74, 6) is -3.40. The lowest BCUT2D eigenvalue weighted by atomic mass is 9.98. The highest BCUT2D eigenvalue weighted by atomic mass is 35.5. The van der Waals surface area contributed by atoms with E-state index in [1.54, 1.807) is 30.3 Å². The van der Waals surface area contributed by atoms with Gasteiger partial charge in [-0.15, -0.1) is 0 Å². The van der Waals surface area contributed by atoms with E-state index in [1.807, 2.05) is 0 Å². The summed E-state index contributed by atoms with van der Waals surface area (Å²) in [6.07, 6.45) is 0. The van der Waals surface area contributed by atoms with Crippen LogP contribution in [0.3, 0.4) is 0 Å². The monoisotopic (exact) mass is 304 g/mol. The van der Waals surface area contributed by atoms with Crippen molar-refractivity contribution in [3.05, 3.63) is 69.7 Å². The molecule has 6 heteroatoms. The van der Waals surface area contributed by atoms with Crippen LogP contribution in [-0.2, 0) is 0 Å². The third-order valence-electron chi connectivity index (χ3n) is 2.87. The predicted octanol–water partition coefficient (Wildman–Crippen LogP) is 2.97. The second-order valence-corrected chi connectivity index (χ2v) is 4.53. The lowest BCUT2D eigenvalue weighted by Crippen LogP contribution is -2.12. The second-order valence-electron chi connectivity index (χ2n) is 4.16. The van der Waals surface area contributed by atoms with Gasteiger partial charge in [-0.3, -0.25) is 4.79 Å². The first-order chi connectivity index (χ1) is 9.93. The van der Waals surface area contributed by atoms with E-state index in [2.05, 4.69) is 0 Å². The molecule has 0 aromatic heterocycles. The summed E-state index contributed by atoms with van der Waals surface area (Å²) in [5, 5.41) is 17.7. The van der Waals surface area contributed by atoms with Crippen LogP contribution in [0, 0.1) is 0 Å². The molecular weight excluding hydrogens is 296 g/mol. The Morgan fingerprint density at radius 1 is 0.810 bits per heavy atom. The van der Waals surface area contributed by atoms with Gasteiger partial charge in [0.2, 0.25) is 0 Å². The zero-order valence-electron chi connectivity index (χ0n) is 10.5. The summed E-state index contributed by atoms with van der Waals surface area (Å²) in [5.41, 5.74) is -0.771. The molecule has 2 N–H and O–H groups in total. The zero-order valence-corrected chi connectivity index (χ0v) is 11.3. The van der Waals surface area contributed by atoms with E-state index in [9.17, 15) is 14.4 Å². The summed E-state index contributed by atoms with van der Waals surface area (Å²) in [6, 6.07) is 10.4. The minimum Gasteiger partial charge on any atom is -0.478 e. The Kier molecular flexibility index (Phi) is 4.05. The number of halogens is 1. The van der Waals surface area contributed by atoms with Crippen molar-refractivity contribution in [2.45, 2.75) is 0 Å². The molecule has 0 heterocycles. The minimum absolute atomic E-state index is 0.0507. The number of hydrogen-bond acceptors (Lipinski definition) is 3. The van der Waals surface area contributed by atoms with Crippen molar-refractivity contribution < 1.29 is 24.6 Å². The topological polar surface area (TPSA) is 91.7 Å². The maximum Gasteiger partial charge on any atom is 0.338 e. The molecular formula is C15H9ClO5. The van der Waals surface area contributed by atoms with Gasteiger partial charge in [-0.25, -0.2) is 9.59 Å². The predicted molar refractivity (Wildman–Crippen MR) is 75.2 cm³/mol. The third-order valence-corrected chi connectivity index (χ3v) is 3.26. The molecule has 0 radical (unpaired) electrons. The molecule has 2 rings (SSSR count). The number of carbonyl (C=O) groups is 3. The molecule has 0 saturated carbocycles. The van der Waals surface area contributed by atoms with Crippen LogP contribution in [0.15, 0.2) is 42.5 Å². The Labute approximate surface area is 124 Å². The van der Waals surface area contributed by atoms with Crippen molar-refractivity contribution in [2.75, 3.05) is 0 Å². The van der Waals surface area contributed by atoms with Gasteiger partial charge in [0.15, 0.2) is 5.78 Å². The van der Waals surface area contributed by atoms with E-state index in [0.717, 1.165) is 6.07 Å². The van der Waals surface area contributed by atoms with Crippen LogP contribution in [0.5, 0.6) is 0 Å². The molecule has 2 aromatic rings. The van der Waals surface area contributed by atoms with Crippen LogP contribution in [0.2, 0.25) is 5.02 Å². The van der Waals surface area contributed by atoms with Gasteiger partial charge in [-0.1, -0.05) is 41.9 Å². The van der Waals surface area contributed by atoms with E-state index in [4.69, 9.17) is 21.8 Å². The van der Waals surface area contributed by atoms with Crippen molar-refractivity contribution >= 4 is 29.3 Å². The van der Waals surface area contributed by atoms with Crippen molar-refractivity contribution in [1.29, 1.82) is 0 Å². The number of ketones is 1. The highest BCUT2D eigenvalue weighted by molar-refractivity contribution is 6.38. The molecule has 0 aliphatic rings. The standard InChI is InChI=1S/C15H9ClO5/c16-12-10(13(17)8-4-2-1-3-5-8)7-6-9(14(18)19)11(12)15(20)21/h1-7H,(H,18,19)(H,20,21). The van der Waals surface area contributed by atoms with Gasteiger partial charge < -0.3 is 10.2 Å². The van der Waals surface area contributed by atoms with Gasteiger partial charge >= 0.3 is 11.9 Å². The van der Waals surface area contributed by atoms with Gasteiger partial charge in [0, 0.05) is 11.1 Å². The zero-order chi connectivity index (χ0) is 15.6. The van der Waals surface area contributed by atoms with Crippen molar-refractivity contribution in [3.8, 4) is 0 Å². The van der Waals surface area contributed by atoms with Gasteiger partial charge in [-0.05, 0) is 12.1 Å². The number of carbonyl (C=O) groups excluding carboxylic acids is 1. The molecule has 106 valence electrons. The Morgan fingerprint density at radius 3 is 1.90 bits per heavy atom. The number of carboxylic acids is 2. The number of aromatic carboxylic acids is 2. The summed E-state index contributed by atoms with van der Waals surface area (Å²) < 4.78 is 0. The van der Waals surface area contributed by atoms with Crippen LogP contribution in [0.4, 0.5) is 0 Å². The maximum absolute atomic E-state index is 12.3. The molecule has 5 nitrogen and oxygen atoms in total. The fourth-order valence-electron chi connectivity index (χ4n) is 1.88. The van der Waals surface area contributed by atoms with Crippen molar-refractivity contribution in [2.24, 2.45) is 0 Å². The largest absolute Gasteiger partial charge is 0.478 e. The Bertz CT molecular complexity index is 737. The van der Waals surface area contributed by atoms with Crippen molar-refractivity contribution in [1.82, 2.24) is 0 Å². The maximum atomic E-state index is 12.3. The van der Waals surface area contributed by atoms with Gasteiger partial charge in [0.25, 0.3) is 0 Å². The van der Waals surface area contributed by atoms with E-state index in [-0.39, 0.29) is 10.6 Å². The molecule has 21 heavy (non-hydrogen) atoms. The quantitative estimate of drug-likeness (QED) is 0.847. The van der Waals surface area contributed by atoms with E-state index >= 15 is 0 Å². The molecule has 0 aliphatic carbocycles. The van der Waals surface area contributed by atoms with Gasteiger partial charge in [0.05, 0.1) is 16.1 Å². The van der Waals surface area contributed by atoms with E-state index in [0.29, 0.717) is 5.56 Å². The summed E-state index contributed by atoms with van der Waals surface area (Å²) in [7, 11) is 0. The molecule has 0 unspecified atom stereocenters. The first kappa shape index (κ1) is 14.7. The molecule has 0 aliphatic heterocycles. The van der Waals surface area contributed by atoms with Crippen LogP contribution >= 0.6 is 11.6 Å². The lowest BCUT2D eigenvalue weighted by molar-refractivity contribution is 0.0651. The van der Waals surface area contributed by atoms with Crippen LogP contribution in [-0.4, -0.2) is 27.9 Å². The Hall–Kier alpha value is -2.66. The van der Waals surface area contributed by atoms with Crippen LogP contribution in [0.25, 0.3) is 0 Å². The number of rotatable bonds is 4. The first-order valence-electron chi connectivity index (χ1n) is 5.82. The van der Waals surface area contributed by atoms with Crippen LogP contribution < -0.4 is 0 Å². The average molecular weight is 305 g/mol. The van der Waals surface area contributed by atoms with E-state index in [1.165, 1.54) is 6.07 Å². The molecule has 0 bridgehead atoms. The summed E-state index contributed by atoms with van der Waals surface area (Å²) >= 11 is 5.93. The average Bonchev–Trinajstić information content (AvgIpc) is 2.46. The molecule has 0 fully saturated rings. The Balaban J connectivity index is 2.62. The molecule has 2 aromatic carbocycles. The smallest absolute Gasteiger partial charge is 0.338 e. The lowest BCUT2D eigenvalue weighted by Gasteiger charge is -2.09. The molecule has 0 atom stereocenters. The highest BCUT2D eigenvalue weighted by Crippen LogP contribution is 2.27. The third kappa shape index (κ3) is 2.78. The highest BCUT2D eigenvalue weighted by Gasteiger charge is 2.24. The normalized spacial score (nSPS) is 10.1. The molecule has 0 amide bonds. The number of benzene rings is 2. The fourth-order valence-corrected chi connectivity index (χ4v) is 2.22.